The number of oxazole rings is 1. The summed E-state index contributed by atoms with van der Waals surface area (Å²) in [4.78, 5) is 14.8. The maximum Gasteiger partial charge on any atom is 0.333 e. The number of nitrogens with one attached hydrogen (secondary N) is 1. The second kappa shape index (κ2) is 5.32. The predicted octanol–water partition coefficient (Wildman–Crippen LogP) is 2.59. The fourth-order valence-corrected chi connectivity index (χ4v) is 1.94. The van der Waals surface area contributed by atoms with Crippen LogP contribution < -0.4 is 5.32 Å². The fourth-order valence-electron chi connectivity index (χ4n) is 1.94. The quantitative estimate of drug-likeness (QED) is 0.667. The number of nitro groups is 1. The minimum absolute atomic E-state index is 0.0104. The maximum absolute atomic E-state index is 11.2. The Bertz CT molecular complexity index is 629. The van der Waals surface area contributed by atoms with E-state index in [9.17, 15) is 10.1 Å². The molecule has 0 saturated carbocycles. The third-order valence-corrected chi connectivity index (χ3v) is 2.80. The van der Waals surface area contributed by atoms with Crippen LogP contribution in [0.5, 0.6) is 0 Å². The van der Waals surface area contributed by atoms with Gasteiger partial charge in [0.25, 0.3) is 0 Å². The van der Waals surface area contributed by atoms with Gasteiger partial charge in [0.2, 0.25) is 11.7 Å². The molecule has 2 aromatic rings. The van der Waals surface area contributed by atoms with Crippen molar-refractivity contribution in [3.63, 3.8) is 0 Å². The summed E-state index contributed by atoms with van der Waals surface area (Å²) in [5, 5.41) is 18.4. The molecule has 2 aromatic heterocycles. The Hall–Kier alpha value is -2.38. The Balaban J connectivity index is 2.31. The van der Waals surface area contributed by atoms with Gasteiger partial charge in [0.15, 0.2) is 0 Å². The second-order valence-electron chi connectivity index (χ2n) is 4.80. The molecule has 0 aliphatic carbocycles. The number of hydrogen-bond donors (Lipinski definition) is 1. The van der Waals surface area contributed by atoms with E-state index in [4.69, 9.17) is 4.42 Å². The van der Waals surface area contributed by atoms with Gasteiger partial charge in [-0.15, -0.1) is 0 Å². The summed E-state index contributed by atoms with van der Waals surface area (Å²) in [5.41, 5.74) is 0.372. The van der Waals surface area contributed by atoms with Crippen molar-refractivity contribution in [2.24, 2.45) is 0 Å². The van der Waals surface area contributed by atoms with Gasteiger partial charge in [-0.3, -0.25) is 10.1 Å². The van der Waals surface area contributed by atoms with Gasteiger partial charge in [-0.05, 0) is 27.7 Å². The van der Waals surface area contributed by atoms with Crippen molar-refractivity contribution in [2.75, 3.05) is 5.32 Å². The summed E-state index contributed by atoms with van der Waals surface area (Å²) < 4.78 is 6.94. The van der Waals surface area contributed by atoms with Crippen molar-refractivity contribution >= 4 is 11.5 Å². The Labute approximate surface area is 116 Å². The van der Waals surface area contributed by atoms with Crippen LogP contribution in [0, 0.1) is 24.0 Å². The molecule has 0 aliphatic rings. The lowest BCUT2D eigenvalue weighted by Crippen LogP contribution is -2.11. The van der Waals surface area contributed by atoms with Crippen LogP contribution in [0.2, 0.25) is 0 Å². The second-order valence-corrected chi connectivity index (χ2v) is 4.80. The van der Waals surface area contributed by atoms with Gasteiger partial charge in [0, 0.05) is 6.04 Å². The highest BCUT2D eigenvalue weighted by Crippen LogP contribution is 2.30. The van der Waals surface area contributed by atoms with Gasteiger partial charge in [-0.1, -0.05) is 0 Å². The Morgan fingerprint density at radius 3 is 2.70 bits per heavy atom. The summed E-state index contributed by atoms with van der Waals surface area (Å²) in [7, 11) is 0. The van der Waals surface area contributed by atoms with Gasteiger partial charge in [0.1, 0.15) is 11.5 Å². The zero-order chi connectivity index (χ0) is 14.9. The highest BCUT2D eigenvalue weighted by atomic mass is 16.6. The topological polar surface area (TPSA) is 99.0 Å². The normalized spacial score (nSPS) is 11.1. The zero-order valence-corrected chi connectivity index (χ0v) is 11.9. The minimum Gasteiger partial charge on any atom is -0.444 e. The standard InChI is InChI=1S/C12H17N5O3/c1-7(2)16-12(11(17(18)19)9(4)15-16)14-6-10-13-5-8(3)20-10/h5,7,14H,6H2,1-4H3. The maximum atomic E-state index is 11.2. The molecule has 0 amide bonds. The smallest absolute Gasteiger partial charge is 0.333 e. The average molecular weight is 279 g/mol. The molecule has 0 spiro atoms. The fraction of sp³-hybridized carbons (Fsp3) is 0.500. The van der Waals surface area contributed by atoms with Crippen molar-refractivity contribution in [2.45, 2.75) is 40.3 Å². The van der Waals surface area contributed by atoms with Crippen molar-refractivity contribution in [1.82, 2.24) is 14.8 Å². The van der Waals surface area contributed by atoms with E-state index < -0.39 is 4.92 Å². The third-order valence-electron chi connectivity index (χ3n) is 2.80. The molecule has 0 fully saturated rings. The first kappa shape index (κ1) is 14.0. The lowest BCUT2D eigenvalue weighted by Gasteiger charge is -2.10. The van der Waals surface area contributed by atoms with Crippen molar-refractivity contribution < 1.29 is 9.34 Å². The van der Waals surface area contributed by atoms with Gasteiger partial charge in [-0.25, -0.2) is 9.67 Å². The van der Waals surface area contributed by atoms with E-state index in [-0.39, 0.29) is 18.3 Å². The molecular formula is C12H17N5O3. The molecule has 0 atom stereocenters. The first-order valence-electron chi connectivity index (χ1n) is 6.28. The summed E-state index contributed by atoms with van der Waals surface area (Å²) in [6, 6.07) is 0.0104. The van der Waals surface area contributed by atoms with E-state index in [0.29, 0.717) is 23.2 Å². The monoisotopic (exact) mass is 279 g/mol. The van der Waals surface area contributed by atoms with Crippen molar-refractivity contribution in [3.05, 3.63) is 33.7 Å². The molecule has 20 heavy (non-hydrogen) atoms. The lowest BCUT2D eigenvalue weighted by atomic mass is 10.3. The summed E-state index contributed by atoms with van der Waals surface area (Å²) in [6.07, 6.45) is 1.61. The van der Waals surface area contributed by atoms with Crippen LogP contribution in [0.4, 0.5) is 11.5 Å². The summed E-state index contributed by atoms with van der Waals surface area (Å²) >= 11 is 0. The van der Waals surface area contributed by atoms with E-state index >= 15 is 0 Å². The highest BCUT2D eigenvalue weighted by Gasteiger charge is 2.26. The van der Waals surface area contributed by atoms with E-state index in [1.165, 1.54) is 0 Å². The zero-order valence-electron chi connectivity index (χ0n) is 11.9. The molecular weight excluding hydrogens is 262 g/mol. The molecule has 0 radical (unpaired) electrons. The van der Waals surface area contributed by atoms with Gasteiger partial charge in [-0.2, -0.15) is 5.10 Å². The molecule has 0 unspecified atom stereocenters. The number of hydrogen-bond acceptors (Lipinski definition) is 6. The minimum atomic E-state index is -0.426. The molecule has 1 N–H and O–H groups in total. The third kappa shape index (κ3) is 2.63. The number of aryl methyl sites for hydroxylation is 2. The Kier molecular flexibility index (Phi) is 3.73. The Morgan fingerprint density at radius 2 is 2.20 bits per heavy atom. The number of nitrogens with zero attached hydrogens (tertiary/aromatic N) is 4. The number of aromatic nitrogens is 3. The number of rotatable bonds is 5. The van der Waals surface area contributed by atoms with Crippen LogP contribution >= 0.6 is 0 Å². The van der Waals surface area contributed by atoms with E-state index in [0.717, 1.165) is 0 Å². The molecule has 0 aromatic carbocycles. The van der Waals surface area contributed by atoms with E-state index in [1.807, 2.05) is 13.8 Å². The molecule has 2 rings (SSSR count). The molecule has 2 heterocycles. The number of anilines is 1. The SMILES string of the molecule is Cc1cnc(CNc2c([N+](=O)[O-])c(C)nn2C(C)C)o1. The molecule has 108 valence electrons. The molecule has 8 nitrogen and oxygen atoms in total. The van der Waals surface area contributed by atoms with Gasteiger partial charge >= 0.3 is 5.69 Å². The molecule has 0 bridgehead atoms. The van der Waals surface area contributed by atoms with Crippen LogP contribution in [-0.2, 0) is 6.54 Å². The van der Waals surface area contributed by atoms with Crippen LogP contribution in [0.15, 0.2) is 10.6 Å². The van der Waals surface area contributed by atoms with E-state index in [2.05, 4.69) is 15.4 Å². The van der Waals surface area contributed by atoms with Crippen LogP contribution in [-0.4, -0.2) is 19.7 Å². The molecule has 8 heteroatoms. The summed E-state index contributed by atoms with van der Waals surface area (Å²) in [6.45, 7) is 7.51. The molecule has 0 aliphatic heterocycles. The summed E-state index contributed by atoms with van der Waals surface area (Å²) in [5.74, 6) is 1.55. The Morgan fingerprint density at radius 1 is 1.50 bits per heavy atom. The lowest BCUT2D eigenvalue weighted by molar-refractivity contribution is -0.384. The van der Waals surface area contributed by atoms with Crippen LogP contribution in [0.3, 0.4) is 0 Å². The van der Waals surface area contributed by atoms with Crippen molar-refractivity contribution in [3.8, 4) is 0 Å². The molecule has 0 saturated heterocycles. The van der Waals surface area contributed by atoms with Gasteiger partial charge in [0.05, 0.1) is 17.7 Å². The first-order chi connectivity index (χ1) is 9.40. The largest absolute Gasteiger partial charge is 0.444 e. The highest BCUT2D eigenvalue weighted by molar-refractivity contribution is 5.59. The van der Waals surface area contributed by atoms with Crippen LogP contribution in [0.25, 0.3) is 0 Å². The van der Waals surface area contributed by atoms with E-state index in [1.54, 1.807) is 24.7 Å². The predicted molar refractivity (Wildman–Crippen MR) is 72.6 cm³/mol. The van der Waals surface area contributed by atoms with Crippen LogP contribution in [0.1, 0.15) is 37.2 Å². The van der Waals surface area contributed by atoms with Gasteiger partial charge < -0.3 is 9.73 Å². The van der Waals surface area contributed by atoms with Crippen molar-refractivity contribution in [1.29, 1.82) is 0 Å². The first-order valence-corrected chi connectivity index (χ1v) is 6.28. The average Bonchev–Trinajstić information content (AvgIpc) is 2.90.